The first-order valence-corrected chi connectivity index (χ1v) is 4.10. The molecule has 0 radical (unpaired) electrons. The van der Waals surface area contributed by atoms with Crippen molar-refractivity contribution in [3.05, 3.63) is 11.8 Å². The summed E-state index contributed by atoms with van der Waals surface area (Å²) in [4.78, 5) is 0. The van der Waals surface area contributed by atoms with Gasteiger partial charge in [-0.25, -0.2) is 0 Å². The molecule has 0 amide bonds. The van der Waals surface area contributed by atoms with Crippen molar-refractivity contribution in [1.29, 1.82) is 0 Å². The zero-order valence-corrected chi connectivity index (χ0v) is 8.15. The van der Waals surface area contributed by atoms with Crippen LogP contribution in [0.3, 0.4) is 0 Å². The molecule has 0 aromatic rings. The highest BCUT2D eigenvalue weighted by Gasteiger charge is 1.45. The first-order valence-electron chi connectivity index (χ1n) is 1.95. The molecule has 0 rings (SSSR count). The molecular weight excluding hydrogens is 104 g/mol. The van der Waals surface area contributed by atoms with Crippen LogP contribution in [0.4, 0.5) is 0 Å². The maximum absolute atomic E-state index is 2.89. The average molecular weight is 112 g/mol. The van der Waals surface area contributed by atoms with Crippen molar-refractivity contribution in [3.63, 3.8) is 0 Å². The van der Waals surface area contributed by atoms with Crippen molar-refractivity contribution >= 4 is 20.5 Å². The lowest BCUT2D eigenvalue weighted by Crippen LogP contribution is -1.51. The van der Waals surface area contributed by atoms with Gasteiger partial charge >= 0.3 is 0 Å². The summed E-state index contributed by atoms with van der Waals surface area (Å²) in [6.45, 7) is 0. The Morgan fingerprint density at radius 2 is 2.17 bits per heavy atom. The Morgan fingerprint density at radius 1 is 1.50 bits per heavy atom. The number of hydrogen-bond acceptors (Lipinski definition) is 0. The van der Waals surface area contributed by atoms with Crippen LogP contribution in [0, 0.1) is 11.5 Å². The van der Waals surface area contributed by atoms with Crippen molar-refractivity contribution in [2.45, 2.75) is 0 Å². The van der Waals surface area contributed by atoms with E-state index in [0.717, 1.165) is 20.5 Å². The second kappa shape index (κ2) is 4.73. The molecule has 2 heteroatoms. The van der Waals surface area contributed by atoms with Gasteiger partial charge in [0.05, 0.1) is 10.2 Å². The van der Waals surface area contributed by atoms with E-state index >= 15 is 0 Å². The van der Waals surface area contributed by atoms with Gasteiger partial charge in [0.2, 0.25) is 0 Å². The molecule has 0 atom stereocenters. The van der Waals surface area contributed by atoms with Gasteiger partial charge in [0.1, 0.15) is 0 Å². The van der Waals surface area contributed by atoms with Gasteiger partial charge in [0.25, 0.3) is 0 Å². The van der Waals surface area contributed by atoms with Gasteiger partial charge in [0.15, 0.2) is 0 Å². The van der Waals surface area contributed by atoms with Crippen molar-refractivity contribution in [1.82, 2.24) is 0 Å². The fourth-order valence-corrected chi connectivity index (χ4v) is 0.500. The Hall–Kier alpha value is -0.266. The van der Waals surface area contributed by atoms with Crippen molar-refractivity contribution in [2.24, 2.45) is 0 Å². The molecule has 0 saturated carbocycles. The summed E-state index contributed by atoms with van der Waals surface area (Å²) in [6, 6.07) is 0. The molecule has 0 N–H and O–H groups in total. The Kier molecular flexibility index (Phi) is 4.52. The Balaban J connectivity index is 3.24. The molecule has 0 aliphatic carbocycles. The molecule has 0 fully saturated rings. The first kappa shape index (κ1) is 5.73. The van der Waals surface area contributed by atoms with E-state index in [-0.39, 0.29) is 0 Å². The SMILES string of the molecule is [SiH3]C#C/C=C/[SiH3]. The maximum Gasteiger partial charge on any atom is 0.0911 e. The quantitative estimate of drug-likeness (QED) is 0.256. The van der Waals surface area contributed by atoms with Gasteiger partial charge in [-0.05, 0) is 6.08 Å². The lowest BCUT2D eigenvalue weighted by Gasteiger charge is -1.56. The second-order valence-corrected chi connectivity index (χ2v) is 2.06. The molecule has 0 aliphatic rings. The number of hydrogen-bond donors (Lipinski definition) is 0. The highest BCUT2D eigenvalue weighted by atomic mass is 28.1. The highest BCUT2D eigenvalue weighted by molar-refractivity contribution is 6.22. The maximum atomic E-state index is 2.89. The van der Waals surface area contributed by atoms with E-state index in [4.69, 9.17) is 0 Å². The number of rotatable bonds is 0. The minimum atomic E-state index is 1.01. The predicted octanol–water partition coefficient (Wildman–Crippen LogP) is -1.81. The molecule has 0 aromatic carbocycles. The molecule has 0 aliphatic heterocycles. The summed E-state index contributed by atoms with van der Waals surface area (Å²) in [7, 11) is 2.14. The fraction of sp³-hybridized carbons (Fsp3) is 0. The molecule has 0 aromatic heterocycles. The summed E-state index contributed by atoms with van der Waals surface area (Å²) in [5.41, 5.74) is 4.97. The van der Waals surface area contributed by atoms with E-state index in [1.807, 2.05) is 6.08 Å². The Labute approximate surface area is 44.5 Å². The Morgan fingerprint density at radius 3 is 2.33 bits per heavy atom. The van der Waals surface area contributed by atoms with E-state index in [2.05, 4.69) is 17.2 Å². The first-order chi connectivity index (χ1) is 2.91. The minimum Gasteiger partial charge on any atom is -0.139 e. The van der Waals surface area contributed by atoms with Crippen LogP contribution in [0.2, 0.25) is 0 Å². The highest BCUT2D eigenvalue weighted by Crippen LogP contribution is 1.55. The molecule has 0 heterocycles. The van der Waals surface area contributed by atoms with Crippen LogP contribution in [0.15, 0.2) is 11.8 Å². The lowest BCUT2D eigenvalue weighted by molar-refractivity contribution is 2.27. The van der Waals surface area contributed by atoms with Gasteiger partial charge in [0, 0.05) is 10.2 Å². The topological polar surface area (TPSA) is 0 Å². The third-order valence-electron chi connectivity index (χ3n) is 0.394. The van der Waals surface area contributed by atoms with Crippen LogP contribution in [0.25, 0.3) is 0 Å². The van der Waals surface area contributed by atoms with Crippen LogP contribution >= 0.6 is 0 Å². The smallest absolute Gasteiger partial charge is 0.0911 e. The zero-order chi connectivity index (χ0) is 4.83. The molecule has 0 saturated heterocycles. The van der Waals surface area contributed by atoms with Crippen LogP contribution < -0.4 is 0 Å². The fourth-order valence-electron chi connectivity index (χ4n) is 0.167. The van der Waals surface area contributed by atoms with Gasteiger partial charge in [-0.3, -0.25) is 0 Å². The van der Waals surface area contributed by atoms with Crippen LogP contribution in [0.5, 0.6) is 0 Å². The third kappa shape index (κ3) is 3.73. The van der Waals surface area contributed by atoms with Crippen LogP contribution in [-0.2, 0) is 0 Å². The molecule has 0 bridgehead atoms. The van der Waals surface area contributed by atoms with E-state index in [1.54, 1.807) is 0 Å². The molecule has 0 nitrogen and oxygen atoms in total. The van der Waals surface area contributed by atoms with E-state index in [0.29, 0.717) is 0 Å². The normalized spacial score (nSPS) is 8.67. The van der Waals surface area contributed by atoms with Crippen molar-refractivity contribution < 1.29 is 0 Å². The Bertz CT molecular complexity index is 93.9. The van der Waals surface area contributed by atoms with Gasteiger partial charge < -0.3 is 0 Å². The van der Waals surface area contributed by atoms with Crippen molar-refractivity contribution in [3.8, 4) is 11.5 Å². The summed E-state index contributed by atoms with van der Waals surface area (Å²) >= 11 is 0. The molecule has 32 valence electrons. The molecular formula is C4H8Si2. The van der Waals surface area contributed by atoms with Gasteiger partial charge in [-0.1, -0.05) is 11.6 Å². The standard InChI is InChI=1S/C4H8Si2/c5-3-1-2-4-6/h1,3H,5-6H3/b3-1+. The summed E-state index contributed by atoms with van der Waals surface area (Å²) in [6.07, 6.45) is 1.92. The van der Waals surface area contributed by atoms with Crippen LogP contribution in [-0.4, -0.2) is 20.5 Å². The van der Waals surface area contributed by atoms with E-state index in [9.17, 15) is 0 Å². The van der Waals surface area contributed by atoms with Gasteiger partial charge in [-0.15, -0.1) is 5.54 Å². The average Bonchev–Trinajstić information content (AvgIpc) is 1.61. The van der Waals surface area contributed by atoms with Crippen LogP contribution in [0.1, 0.15) is 0 Å². The molecule has 6 heavy (non-hydrogen) atoms. The lowest BCUT2D eigenvalue weighted by atomic mass is 10.7. The van der Waals surface area contributed by atoms with Crippen molar-refractivity contribution in [2.75, 3.05) is 0 Å². The molecule has 0 spiro atoms. The summed E-state index contributed by atoms with van der Waals surface area (Å²) in [5, 5.41) is 0. The van der Waals surface area contributed by atoms with E-state index < -0.39 is 0 Å². The van der Waals surface area contributed by atoms with Gasteiger partial charge in [-0.2, -0.15) is 0 Å². The molecule has 0 unspecified atom stereocenters. The summed E-state index contributed by atoms with van der Waals surface area (Å²) < 4.78 is 0. The zero-order valence-electron chi connectivity index (χ0n) is 4.15. The monoisotopic (exact) mass is 112 g/mol. The second-order valence-electron chi connectivity index (χ2n) is 0.894. The summed E-state index contributed by atoms with van der Waals surface area (Å²) in [5.74, 6) is 2.86. The largest absolute Gasteiger partial charge is 0.139 e. The minimum absolute atomic E-state index is 1.01. The third-order valence-corrected chi connectivity index (χ3v) is 1.02. The number of allylic oxidation sites excluding steroid dienone is 1. The van der Waals surface area contributed by atoms with E-state index in [1.165, 1.54) is 0 Å². The predicted molar refractivity (Wildman–Crippen MR) is 36.8 cm³/mol.